The number of hydrogen-bond donors (Lipinski definition) is 1. The fraction of sp³-hybridized carbons (Fsp3) is 0.176. The quantitative estimate of drug-likeness (QED) is 0.652. The van der Waals surface area contributed by atoms with Crippen molar-refractivity contribution in [3.8, 4) is 11.4 Å². The van der Waals surface area contributed by atoms with Crippen LogP contribution in [-0.2, 0) is 10.0 Å². The van der Waals surface area contributed by atoms with Gasteiger partial charge in [-0.15, -0.1) is 0 Å². The van der Waals surface area contributed by atoms with Gasteiger partial charge in [0.05, 0.1) is 16.9 Å². The number of rotatable bonds is 5. The third-order valence-electron chi connectivity index (χ3n) is 4.13. The molecule has 2 aromatic carbocycles. The van der Waals surface area contributed by atoms with Crippen molar-refractivity contribution in [2.24, 2.45) is 0 Å². The maximum Gasteiger partial charge on any atom is 0.240 e. The Hall–Kier alpha value is -1.93. The van der Waals surface area contributed by atoms with Crippen LogP contribution in [0.5, 0.6) is 0 Å². The van der Waals surface area contributed by atoms with Crippen LogP contribution in [0.1, 0.15) is 11.8 Å². The summed E-state index contributed by atoms with van der Waals surface area (Å²) in [4.78, 5) is 4.44. The highest BCUT2D eigenvalue weighted by atomic mass is 35.5. The Morgan fingerprint density at radius 1 is 1.00 bits per heavy atom. The Morgan fingerprint density at radius 2 is 1.62 bits per heavy atom. The van der Waals surface area contributed by atoms with Crippen LogP contribution in [0.25, 0.3) is 11.4 Å². The molecule has 26 heavy (non-hydrogen) atoms. The van der Waals surface area contributed by atoms with Crippen LogP contribution in [-0.4, -0.2) is 28.9 Å². The number of benzene rings is 2. The van der Waals surface area contributed by atoms with Crippen molar-refractivity contribution in [3.63, 3.8) is 0 Å². The molecule has 0 bridgehead atoms. The Kier molecular flexibility index (Phi) is 4.27. The van der Waals surface area contributed by atoms with Gasteiger partial charge in [0.25, 0.3) is 0 Å². The first-order valence-electron chi connectivity index (χ1n) is 7.74. The van der Waals surface area contributed by atoms with Crippen LogP contribution in [0.15, 0.2) is 70.1 Å². The first kappa shape index (κ1) is 17.5. The highest BCUT2D eigenvalue weighted by Gasteiger charge is 2.68. The number of nitrogens with one attached hydrogen (secondary N) is 1. The molecule has 134 valence electrons. The van der Waals surface area contributed by atoms with Gasteiger partial charge in [-0.2, -0.15) is 4.98 Å². The topological polar surface area (TPSA) is 85.1 Å². The summed E-state index contributed by atoms with van der Waals surface area (Å²) in [5.41, 5.74) is 0.777. The Morgan fingerprint density at radius 3 is 2.27 bits per heavy atom. The number of sulfonamides is 1. The molecule has 0 aliphatic heterocycles. The lowest BCUT2D eigenvalue weighted by atomic mass is 10.2. The molecule has 1 aromatic heterocycles. The average molecular weight is 410 g/mol. The van der Waals surface area contributed by atoms with Gasteiger partial charge < -0.3 is 4.52 Å². The zero-order valence-electron chi connectivity index (χ0n) is 13.2. The second kappa shape index (κ2) is 6.35. The summed E-state index contributed by atoms with van der Waals surface area (Å²) in [6.45, 7) is 0. The molecule has 2 unspecified atom stereocenters. The normalized spacial score (nSPS) is 21.5. The Bertz CT molecular complexity index is 1020. The summed E-state index contributed by atoms with van der Waals surface area (Å²) in [5.74, 6) is -0.0507. The Balaban J connectivity index is 1.57. The second-order valence-corrected chi connectivity index (χ2v) is 9.04. The maximum absolute atomic E-state index is 12.5. The van der Waals surface area contributed by atoms with E-state index in [0.717, 1.165) is 5.56 Å². The third-order valence-corrected chi connectivity index (χ3v) is 6.53. The fourth-order valence-corrected chi connectivity index (χ4v) is 4.79. The minimum absolute atomic E-state index is 0.130. The summed E-state index contributed by atoms with van der Waals surface area (Å²) >= 11 is 12.5. The van der Waals surface area contributed by atoms with Crippen molar-refractivity contribution in [3.05, 3.63) is 66.6 Å². The van der Waals surface area contributed by atoms with E-state index in [1.807, 2.05) is 30.3 Å². The van der Waals surface area contributed by atoms with Crippen molar-refractivity contribution < 1.29 is 12.9 Å². The molecule has 1 heterocycles. The summed E-state index contributed by atoms with van der Waals surface area (Å²) in [7, 11) is -3.76. The highest BCUT2D eigenvalue weighted by Crippen LogP contribution is 2.59. The van der Waals surface area contributed by atoms with Crippen LogP contribution in [0, 0.1) is 0 Å². The SMILES string of the molecule is O=S(=O)(NC1C(c2nc(-c3ccccc3)no2)C1(Cl)Cl)c1ccccc1. The molecule has 0 amide bonds. The Labute approximate surface area is 160 Å². The number of alkyl halides is 2. The van der Waals surface area contributed by atoms with Crippen LogP contribution in [0.3, 0.4) is 0 Å². The van der Waals surface area contributed by atoms with Gasteiger partial charge in [-0.25, -0.2) is 13.1 Å². The first-order chi connectivity index (χ1) is 12.4. The summed E-state index contributed by atoms with van der Waals surface area (Å²) in [6, 6.07) is 16.5. The van der Waals surface area contributed by atoms with Gasteiger partial charge in [0.2, 0.25) is 21.7 Å². The van der Waals surface area contributed by atoms with Gasteiger partial charge >= 0.3 is 0 Å². The zero-order chi connectivity index (χ0) is 18.4. The van der Waals surface area contributed by atoms with Gasteiger partial charge in [0.1, 0.15) is 4.33 Å². The minimum atomic E-state index is -3.76. The van der Waals surface area contributed by atoms with Crippen LogP contribution >= 0.6 is 23.2 Å². The predicted octanol–water partition coefficient (Wildman–Crippen LogP) is 3.35. The molecule has 1 N–H and O–H groups in total. The van der Waals surface area contributed by atoms with Gasteiger partial charge in [-0.3, -0.25) is 0 Å². The van der Waals surface area contributed by atoms with Crippen molar-refractivity contribution in [2.75, 3.05) is 0 Å². The van der Waals surface area contributed by atoms with Crippen molar-refractivity contribution in [2.45, 2.75) is 21.2 Å². The average Bonchev–Trinajstić information content (AvgIpc) is 3.00. The van der Waals surface area contributed by atoms with Crippen molar-refractivity contribution in [1.82, 2.24) is 14.9 Å². The number of halogens is 2. The fourth-order valence-electron chi connectivity index (χ4n) is 2.68. The molecule has 0 radical (unpaired) electrons. The van der Waals surface area contributed by atoms with E-state index in [0.29, 0.717) is 5.82 Å². The van der Waals surface area contributed by atoms with E-state index in [1.165, 1.54) is 12.1 Å². The van der Waals surface area contributed by atoms with E-state index in [2.05, 4.69) is 14.9 Å². The number of hydrogen-bond acceptors (Lipinski definition) is 5. The van der Waals surface area contributed by atoms with E-state index >= 15 is 0 Å². The molecule has 1 aliphatic carbocycles. The molecule has 3 aromatic rings. The van der Waals surface area contributed by atoms with Gasteiger partial charge in [0.15, 0.2) is 0 Å². The molecule has 2 atom stereocenters. The van der Waals surface area contributed by atoms with Gasteiger partial charge in [-0.1, -0.05) is 76.9 Å². The van der Waals surface area contributed by atoms with E-state index in [4.69, 9.17) is 27.7 Å². The molecular formula is C17H13Cl2N3O3S. The monoisotopic (exact) mass is 409 g/mol. The van der Waals surface area contributed by atoms with Gasteiger partial charge in [-0.05, 0) is 12.1 Å². The number of nitrogens with zero attached hydrogens (tertiary/aromatic N) is 2. The molecule has 9 heteroatoms. The first-order valence-corrected chi connectivity index (χ1v) is 9.98. The summed E-state index contributed by atoms with van der Waals surface area (Å²) in [6.07, 6.45) is 0. The summed E-state index contributed by atoms with van der Waals surface area (Å²) < 4.78 is 31.4. The van der Waals surface area contributed by atoms with E-state index < -0.39 is 26.3 Å². The predicted molar refractivity (Wildman–Crippen MR) is 97.5 cm³/mol. The third kappa shape index (κ3) is 3.12. The van der Waals surface area contributed by atoms with Crippen LogP contribution in [0.4, 0.5) is 0 Å². The lowest BCUT2D eigenvalue weighted by Crippen LogP contribution is -2.29. The highest BCUT2D eigenvalue weighted by molar-refractivity contribution is 7.89. The molecule has 6 nitrogen and oxygen atoms in total. The van der Waals surface area contributed by atoms with Crippen LogP contribution in [0.2, 0.25) is 0 Å². The smallest absolute Gasteiger partial charge is 0.240 e. The molecule has 1 aliphatic rings. The standard InChI is InChI=1S/C17H13Cl2N3O3S/c18-17(19)13(14(17)22-26(23,24)12-9-5-2-6-10-12)16-20-15(21-25-16)11-7-3-1-4-8-11/h1-10,13-14,22H. The zero-order valence-corrected chi connectivity index (χ0v) is 15.5. The molecule has 0 spiro atoms. The van der Waals surface area contributed by atoms with Crippen molar-refractivity contribution in [1.29, 1.82) is 0 Å². The van der Waals surface area contributed by atoms with Crippen molar-refractivity contribution >= 4 is 33.2 Å². The lowest BCUT2D eigenvalue weighted by molar-refractivity contribution is 0.377. The van der Waals surface area contributed by atoms with E-state index in [9.17, 15) is 8.42 Å². The van der Waals surface area contributed by atoms with E-state index in [-0.39, 0.29) is 10.8 Å². The maximum atomic E-state index is 12.5. The second-order valence-electron chi connectivity index (χ2n) is 5.89. The molecular weight excluding hydrogens is 397 g/mol. The molecule has 0 saturated heterocycles. The molecule has 4 rings (SSSR count). The molecule has 1 saturated carbocycles. The minimum Gasteiger partial charge on any atom is -0.338 e. The summed E-state index contributed by atoms with van der Waals surface area (Å²) in [5, 5.41) is 3.92. The lowest BCUT2D eigenvalue weighted by Gasteiger charge is -2.05. The van der Waals surface area contributed by atoms with E-state index in [1.54, 1.807) is 18.2 Å². The largest absolute Gasteiger partial charge is 0.338 e. The van der Waals surface area contributed by atoms with Gasteiger partial charge in [0, 0.05) is 5.56 Å². The molecule has 1 fully saturated rings. The number of aromatic nitrogens is 2. The van der Waals surface area contributed by atoms with Crippen LogP contribution < -0.4 is 4.72 Å².